The molecule has 286 valence electrons. The Kier molecular flexibility index (Phi) is 10.0. The molecule has 6 aromatic rings. The largest absolute Gasteiger partial charge is 0.493 e. The molecule has 4 heterocycles. The molecule has 0 atom stereocenters. The molecule has 2 aliphatic rings. The van der Waals surface area contributed by atoms with E-state index in [2.05, 4.69) is 64.4 Å². The number of ether oxygens (including phenoxy) is 1. The van der Waals surface area contributed by atoms with Crippen LogP contribution in [0, 0.1) is 6.92 Å². The summed E-state index contributed by atoms with van der Waals surface area (Å²) in [5, 5.41) is 18.9. The Hall–Kier alpha value is -5.33. The van der Waals surface area contributed by atoms with Gasteiger partial charge in [-0.05, 0) is 74.4 Å². The molecule has 11 nitrogen and oxygen atoms in total. The maximum atomic E-state index is 13.2. The number of hydrogen-bond acceptors (Lipinski definition) is 7. The molecule has 8 rings (SSSR count). The van der Waals surface area contributed by atoms with E-state index in [1.54, 1.807) is 11.2 Å². The highest BCUT2D eigenvalue weighted by atomic mass is 32.2. The number of para-hydroxylation sites is 1. The van der Waals surface area contributed by atoms with Gasteiger partial charge >= 0.3 is 5.97 Å². The van der Waals surface area contributed by atoms with E-state index in [4.69, 9.17) is 9.84 Å². The average molecular weight is 761 g/mol. The normalized spacial score (nSPS) is 15.4. The Morgan fingerprint density at radius 1 is 0.836 bits per heavy atom. The summed E-state index contributed by atoms with van der Waals surface area (Å²) >= 11 is 0. The van der Waals surface area contributed by atoms with Gasteiger partial charge in [0.15, 0.2) is 0 Å². The van der Waals surface area contributed by atoms with Gasteiger partial charge in [0.05, 0.1) is 35.8 Å². The molecule has 1 fully saturated rings. The average Bonchev–Trinajstić information content (AvgIpc) is 3.67. The Balaban J connectivity index is 1.08. The zero-order valence-corrected chi connectivity index (χ0v) is 32.6. The lowest BCUT2D eigenvalue weighted by molar-refractivity contribution is 0.0684. The van der Waals surface area contributed by atoms with E-state index in [1.165, 1.54) is 0 Å². The summed E-state index contributed by atoms with van der Waals surface area (Å²) in [6, 6.07) is 29.0. The number of rotatable bonds is 10. The van der Waals surface area contributed by atoms with Crippen LogP contribution in [-0.4, -0.2) is 83.2 Å². The summed E-state index contributed by atoms with van der Waals surface area (Å²) in [6.07, 6.45) is 1.98. The number of hydrogen-bond donors (Lipinski definition) is 1. The first-order valence-electron chi connectivity index (χ1n) is 19.2. The van der Waals surface area contributed by atoms with Crippen LogP contribution in [0.15, 0.2) is 84.9 Å². The fraction of sp³-hybridized carbons (Fsp3) is 0.349. The van der Waals surface area contributed by atoms with Crippen molar-refractivity contribution in [3.05, 3.63) is 108 Å². The summed E-state index contributed by atoms with van der Waals surface area (Å²) < 4.78 is 36.7. The third-order valence-electron chi connectivity index (χ3n) is 11.3. The number of sulfonamides is 1. The van der Waals surface area contributed by atoms with E-state index in [9.17, 15) is 18.3 Å². The monoisotopic (exact) mass is 760 g/mol. The summed E-state index contributed by atoms with van der Waals surface area (Å²) in [5.41, 5.74) is 8.29. The number of carboxylic acids is 1. The number of piperazine rings is 1. The van der Waals surface area contributed by atoms with Crippen LogP contribution in [0.4, 0.5) is 11.4 Å². The van der Waals surface area contributed by atoms with Crippen molar-refractivity contribution in [2.45, 2.75) is 46.2 Å². The second-order valence-corrected chi connectivity index (χ2v) is 16.8. The van der Waals surface area contributed by atoms with Gasteiger partial charge in [0, 0.05) is 79.6 Å². The first kappa shape index (κ1) is 36.6. The van der Waals surface area contributed by atoms with E-state index in [0.29, 0.717) is 71.0 Å². The van der Waals surface area contributed by atoms with Crippen LogP contribution in [0.3, 0.4) is 0 Å². The fourth-order valence-electron chi connectivity index (χ4n) is 8.57. The van der Waals surface area contributed by atoms with Gasteiger partial charge in [0.1, 0.15) is 11.4 Å². The van der Waals surface area contributed by atoms with E-state index in [1.807, 2.05) is 53.6 Å². The minimum Gasteiger partial charge on any atom is -0.493 e. The Morgan fingerprint density at radius 2 is 1.53 bits per heavy atom. The van der Waals surface area contributed by atoms with Crippen molar-refractivity contribution in [3.63, 3.8) is 0 Å². The number of aryl methyl sites for hydroxylation is 4. The zero-order valence-electron chi connectivity index (χ0n) is 31.7. The first-order chi connectivity index (χ1) is 26.6. The van der Waals surface area contributed by atoms with Crippen LogP contribution in [0.5, 0.6) is 5.75 Å². The molecular formula is C43H48N6O5S. The number of aromatic nitrogens is 3. The van der Waals surface area contributed by atoms with Crippen molar-refractivity contribution in [2.24, 2.45) is 7.05 Å². The van der Waals surface area contributed by atoms with Gasteiger partial charge in [0.25, 0.3) is 0 Å². The van der Waals surface area contributed by atoms with Crippen LogP contribution in [-0.2, 0) is 36.6 Å². The van der Waals surface area contributed by atoms with Crippen molar-refractivity contribution in [1.82, 2.24) is 18.7 Å². The molecule has 2 aliphatic heterocycles. The molecule has 0 unspecified atom stereocenters. The highest BCUT2D eigenvalue weighted by Gasteiger charge is 2.29. The second kappa shape index (κ2) is 15.1. The number of nitrogens with zero attached hydrogens (tertiary/aromatic N) is 6. The number of anilines is 2. The molecule has 0 bridgehead atoms. The molecule has 4 aromatic carbocycles. The minimum atomic E-state index is -3.19. The minimum absolute atomic E-state index is 0.123. The maximum absolute atomic E-state index is 13.2. The van der Waals surface area contributed by atoms with Crippen LogP contribution < -0.4 is 14.5 Å². The van der Waals surface area contributed by atoms with E-state index < -0.39 is 16.0 Å². The van der Waals surface area contributed by atoms with Crippen LogP contribution in [0.2, 0.25) is 0 Å². The zero-order chi connectivity index (χ0) is 38.3. The predicted octanol–water partition coefficient (Wildman–Crippen LogP) is 7.10. The summed E-state index contributed by atoms with van der Waals surface area (Å²) in [6.45, 7) is 8.37. The van der Waals surface area contributed by atoms with Crippen LogP contribution in [0.25, 0.3) is 32.8 Å². The molecule has 0 aliphatic carbocycles. The summed E-state index contributed by atoms with van der Waals surface area (Å²) in [7, 11) is -1.20. The topological polar surface area (TPSA) is 113 Å². The van der Waals surface area contributed by atoms with Gasteiger partial charge in [-0.15, -0.1) is 0 Å². The summed E-state index contributed by atoms with van der Waals surface area (Å²) in [5.74, 6) is 0.0339. The van der Waals surface area contributed by atoms with Gasteiger partial charge in [-0.25, -0.2) is 13.2 Å². The maximum Gasteiger partial charge on any atom is 0.352 e. The number of aromatic carboxylic acids is 1. The van der Waals surface area contributed by atoms with Gasteiger partial charge in [0.2, 0.25) is 10.0 Å². The van der Waals surface area contributed by atoms with Crippen molar-refractivity contribution in [1.29, 1.82) is 0 Å². The van der Waals surface area contributed by atoms with E-state index in [0.717, 1.165) is 73.3 Å². The number of carboxylic acid groups (broad SMARTS) is 1. The lowest BCUT2D eigenvalue weighted by atomic mass is 9.97. The standard InChI is InChI=1S/C43H48N6O5S/c1-4-55(52,53)48-26-24-46(25-27-48)32-18-20-33(21-19-32)47-22-10-23-49-41-35(14-8-15-37(41)40-30(2)44-45(3)38(40)29-47)36(42(49)43(50)51)16-9-28-54-39-17-7-12-31-11-5-6-13-34(31)39/h5-8,11-15,17-21H,4,9-10,16,22-29H2,1-3H3,(H,50,51). The summed E-state index contributed by atoms with van der Waals surface area (Å²) in [4.78, 5) is 17.8. The third-order valence-corrected chi connectivity index (χ3v) is 13.2. The van der Waals surface area contributed by atoms with Crippen LogP contribution in [0.1, 0.15) is 47.2 Å². The first-order valence-corrected chi connectivity index (χ1v) is 20.8. The highest BCUT2D eigenvalue weighted by Crippen LogP contribution is 2.40. The Bertz CT molecular complexity index is 2480. The molecule has 1 saturated heterocycles. The fourth-order valence-corrected chi connectivity index (χ4v) is 9.66. The Morgan fingerprint density at radius 3 is 2.27 bits per heavy atom. The Labute approximate surface area is 322 Å². The lowest BCUT2D eigenvalue weighted by Gasteiger charge is -2.35. The molecule has 55 heavy (non-hydrogen) atoms. The predicted molar refractivity (Wildman–Crippen MR) is 219 cm³/mol. The second-order valence-electron chi connectivity index (χ2n) is 14.5. The number of fused-ring (bicyclic) bond motifs is 3. The molecule has 0 radical (unpaired) electrons. The number of carbonyl (C=O) groups is 1. The van der Waals surface area contributed by atoms with Gasteiger partial charge in [-0.1, -0.05) is 54.6 Å². The molecule has 0 saturated carbocycles. The van der Waals surface area contributed by atoms with Gasteiger partial charge in [-0.2, -0.15) is 9.40 Å². The lowest BCUT2D eigenvalue weighted by Crippen LogP contribution is -2.49. The van der Waals surface area contributed by atoms with E-state index >= 15 is 0 Å². The van der Waals surface area contributed by atoms with Gasteiger partial charge < -0.3 is 24.2 Å². The SMILES string of the molecule is CCS(=O)(=O)N1CCN(c2ccc(N3CCCn4c(C(=O)O)c(CCCOc5cccc6ccccc56)c5cccc(c54)-c4c(C)nn(C)c4C3)cc2)CC1. The van der Waals surface area contributed by atoms with Crippen molar-refractivity contribution >= 4 is 49.0 Å². The quantitative estimate of drug-likeness (QED) is 0.147. The van der Waals surface area contributed by atoms with Crippen molar-refractivity contribution in [3.8, 4) is 16.9 Å². The molecule has 1 N–H and O–H groups in total. The van der Waals surface area contributed by atoms with E-state index in [-0.39, 0.29) is 5.75 Å². The van der Waals surface area contributed by atoms with Crippen LogP contribution >= 0.6 is 0 Å². The highest BCUT2D eigenvalue weighted by molar-refractivity contribution is 7.89. The molecule has 12 heteroatoms. The van der Waals surface area contributed by atoms with Gasteiger partial charge in [-0.3, -0.25) is 4.68 Å². The molecule has 0 spiro atoms. The van der Waals surface area contributed by atoms with Crippen molar-refractivity contribution in [2.75, 3.05) is 54.9 Å². The smallest absolute Gasteiger partial charge is 0.352 e. The molecular weight excluding hydrogens is 713 g/mol. The molecule has 2 aromatic heterocycles. The van der Waals surface area contributed by atoms with Crippen molar-refractivity contribution < 1.29 is 23.1 Å². The third kappa shape index (κ3) is 6.93. The molecule has 0 amide bonds. The number of benzene rings is 4.